The van der Waals surface area contributed by atoms with Gasteiger partial charge < -0.3 is 1.43 Å². The summed E-state index contributed by atoms with van der Waals surface area (Å²) in [6, 6.07) is 0. The summed E-state index contributed by atoms with van der Waals surface area (Å²) in [5, 5.41) is 0. The molecule has 0 spiro atoms. The number of rotatable bonds is 5. The Morgan fingerprint density at radius 2 is 2.00 bits per heavy atom. The van der Waals surface area contributed by atoms with Gasteiger partial charge in [-0.05, 0) is 6.42 Å². The van der Waals surface area contributed by atoms with Crippen molar-refractivity contribution in [2.75, 3.05) is 6.61 Å². The summed E-state index contributed by atoms with van der Waals surface area (Å²) in [7, 11) is -4.20. The molecule has 0 bridgehead atoms. The molecule has 0 atom stereocenters. The first-order valence-corrected chi connectivity index (χ1v) is 4.54. The summed E-state index contributed by atoms with van der Waals surface area (Å²) in [6.45, 7) is 2.07. The quantitative estimate of drug-likeness (QED) is 0.302. The van der Waals surface area contributed by atoms with Gasteiger partial charge in [0.25, 0.3) is 0 Å². The summed E-state index contributed by atoms with van der Waals surface area (Å²) in [5.41, 5.74) is 0. The standard InChI is InChI=1S/C5H12O4S.Li.H/c1-2-3-4-5-9-10(6,7)8;;/h2-5H2,1H3,(H,6,7,8);;/q;+1;-1. The van der Waals surface area contributed by atoms with Gasteiger partial charge in [0.15, 0.2) is 0 Å². The van der Waals surface area contributed by atoms with Crippen molar-refractivity contribution in [2.24, 2.45) is 0 Å². The van der Waals surface area contributed by atoms with Gasteiger partial charge in [0.2, 0.25) is 0 Å². The Balaban J connectivity index is -0.000000405. The fraction of sp³-hybridized carbons (Fsp3) is 1.00. The molecular formula is C5H13LiO4S. The van der Waals surface area contributed by atoms with Gasteiger partial charge in [-0.2, -0.15) is 8.42 Å². The van der Waals surface area contributed by atoms with E-state index in [1.807, 2.05) is 6.92 Å². The molecule has 0 unspecified atom stereocenters. The van der Waals surface area contributed by atoms with Crippen molar-refractivity contribution < 1.29 is 37.4 Å². The maximum absolute atomic E-state index is 9.93. The summed E-state index contributed by atoms with van der Waals surface area (Å²) < 4.78 is 32.0. The summed E-state index contributed by atoms with van der Waals surface area (Å²) >= 11 is 0. The first kappa shape index (κ1) is 14.0. The van der Waals surface area contributed by atoms with Gasteiger partial charge >= 0.3 is 29.3 Å². The molecule has 0 amide bonds. The van der Waals surface area contributed by atoms with Gasteiger partial charge in [0.05, 0.1) is 6.61 Å². The van der Waals surface area contributed by atoms with Gasteiger partial charge in [-0.15, -0.1) is 0 Å². The molecule has 0 aromatic carbocycles. The van der Waals surface area contributed by atoms with Crippen LogP contribution in [-0.4, -0.2) is 19.6 Å². The molecule has 0 saturated carbocycles. The van der Waals surface area contributed by atoms with Crippen molar-refractivity contribution in [3.05, 3.63) is 0 Å². The van der Waals surface area contributed by atoms with Crippen molar-refractivity contribution in [3.63, 3.8) is 0 Å². The van der Waals surface area contributed by atoms with E-state index in [1.165, 1.54) is 0 Å². The van der Waals surface area contributed by atoms with Gasteiger partial charge in [-0.25, -0.2) is 4.18 Å². The minimum Gasteiger partial charge on any atom is -1.00 e. The normalized spacial score (nSPS) is 10.7. The molecule has 0 saturated heterocycles. The second-order valence-electron chi connectivity index (χ2n) is 1.96. The third-order valence-corrected chi connectivity index (χ3v) is 1.44. The smallest absolute Gasteiger partial charge is 1.00 e. The monoisotopic (exact) mass is 176 g/mol. The third kappa shape index (κ3) is 13.5. The molecule has 0 rings (SSSR count). The van der Waals surface area contributed by atoms with Crippen LogP contribution in [0.1, 0.15) is 27.6 Å². The molecule has 11 heavy (non-hydrogen) atoms. The Labute approximate surface area is 80.9 Å². The van der Waals surface area contributed by atoms with E-state index < -0.39 is 10.4 Å². The van der Waals surface area contributed by atoms with Gasteiger partial charge in [-0.1, -0.05) is 19.8 Å². The fourth-order valence-corrected chi connectivity index (χ4v) is 0.845. The Hall–Kier alpha value is 0.467. The van der Waals surface area contributed by atoms with E-state index >= 15 is 0 Å². The maximum atomic E-state index is 9.93. The van der Waals surface area contributed by atoms with Crippen LogP contribution in [0.5, 0.6) is 0 Å². The first-order valence-electron chi connectivity index (χ1n) is 3.18. The molecule has 0 heterocycles. The first-order chi connectivity index (χ1) is 4.56. The van der Waals surface area contributed by atoms with Gasteiger partial charge in [-0.3, -0.25) is 4.55 Å². The molecule has 6 heteroatoms. The zero-order valence-corrected chi connectivity index (χ0v) is 7.73. The van der Waals surface area contributed by atoms with E-state index in [-0.39, 0.29) is 26.9 Å². The number of unbranched alkanes of at least 4 members (excludes halogenated alkanes) is 2. The van der Waals surface area contributed by atoms with Crippen molar-refractivity contribution >= 4 is 10.4 Å². The van der Waals surface area contributed by atoms with Crippen LogP contribution in [0.15, 0.2) is 0 Å². The van der Waals surface area contributed by atoms with Crippen LogP contribution < -0.4 is 18.9 Å². The molecule has 0 aliphatic carbocycles. The van der Waals surface area contributed by atoms with Crippen LogP contribution >= 0.6 is 0 Å². The molecule has 0 aromatic heterocycles. The summed E-state index contributed by atoms with van der Waals surface area (Å²) in [5.74, 6) is 0. The van der Waals surface area contributed by atoms with Crippen LogP contribution in [0.4, 0.5) is 0 Å². The van der Waals surface area contributed by atoms with Crippen LogP contribution in [0.2, 0.25) is 0 Å². The van der Waals surface area contributed by atoms with Crippen LogP contribution in [0, 0.1) is 0 Å². The molecular weight excluding hydrogens is 163 g/mol. The van der Waals surface area contributed by atoms with E-state index in [0.717, 1.165) is 12.8 Å². The fourth-order valence-electron chi connectivity index (χ4n) is 0.516. The van der Waals surface area contributed by atoms with Crippen molar-refractivity contribution in [2.45, 2.75) is 26.2 Å². The van der Waals surface area contributed by atoms with E-state index in [4.69, 9.17) is 4.55 Å². The molecule has 0 aliphatic heterocycles. The topological polar surface area (TPSA) is 63.6 Å². The summed E-state index contributed by atoms with van der Waals surface area (Å²) in [4.78, 5) is 0. The molecule has 0 radical (unpaired) electrons. The zero-order chi connectivity index (χ0) is 8.04. The Morgan fingerprint density at radius 1 is 1.45 bits per heavy atom. The van der Waals surface area contributed by atoms with Crippen molar-refractivity contribution in [1.82, 2.24) is 0 Å². The minimum absolute atomic E-state index is 0. The van der Waals surface area contributed by atoms with Gasteiger partial charge in [0, 0.05) is 0 Å². The minimum atomic E-state index is -4.20. The molecule has 0 aromatic rings. The van der Waals surface area contributed by atoms with E-state index in [9.17, 15) is 8.42 Å². The molecule has 1 N–H and O–H groups in total. The average Bonchev–Trinajstić information content (AvgIpc) is 1.78. The zero-order valence-electron chi connectivity index (χ0n) is 7.91. The summed E-state index contributed by atoms with van der Waals surface area (Å²) in [6.07, 6.45) is 2.57. The number of hydrogen-bond acceptors (Lipinski definition) is 3. The Bertz CT molecular complexity index is 170. The predicted octanol–water partition coefficient (Wildman–Crippen LogP) is -1.89. The van der Waals surface area contributed by atoms with Gasteiger partial charge in [0.1, 0.15) is 0 Å². The van der Waals surface area contributed by atoms with Crippen molar-refractivity contribution in [3.8, 4) is 0 Å². The molecule has 0 fully saturated rings. The van der Waals surface area contributed by atoms with E-state index in [1.54, 1.807) is 0 Å². The van der Waals surface area contributed by atoms with Crippen LogP contribution in [-0.2, 0) is 14.6 Å². The average molecular weight is 176 g/mol. The second kappa shape index (κ2) is 7.13. The van der Waals surface area contributed by atoms with Crippen LogP contribution in [0.25, 0.3) is 0 Å². The van der Waals surface area contributed by atoms with E-state index in [2.05, 4.69) is 4.18 Å². The number of hydrogen-bond donors (Lipinski definition) is 1. The molecule has 0 aliphatic rings. The SMILES string of the molecule is CCCCCOS(=O)(=O)O.[H-].[Li+]. The molecule has 64 valence electrons. The van der Waals surface area contributed by atoms with Crippen LogP contribution in [0.3, 0.4) is 0 Å². The van der Waals surface area contributed by atoms with Crippen molar-refractivity contribution in [1.29, 1.82) is 0 Å². The maximum Gasteiger partial charge on any atom is 1.00 e. The third-order valence-electron chi connectivity index (χ3n) is 0.980. The Morgan fingerprint density at radius 3 is 2.36 bits per heavy atom. The second-order valence-corrected chi connectivity index (χ2v) is 3.05. The van der Waals surface area contributed by atoms with E-state index in [0.29, 0.717) is 6.42 Å². The molecule has 4 nitrogen and oxygen atoms in total. The predicted molar refractivity (Wildman–Crippen MR) is 38.1 cm³/mol. The Kier molecular flexibility index (Phi) is 9.09. The largest absolute Gasteiger partial charge is 1.00 e.